The standard InChI is InChI=1S/C24H29N3O4/c1-4-30-23(28)21-20(25-24(29)26-22(21)18-10-6-5-7-11-18)16-27(3)13-14-31-19-12-8-9-17(2)15-19/h5-12,15,22H,4,13-14,16H2,1-3H3,(H2,25,26,29). The molecule has 1 atom stereocenters. The summed E-state index contributed by atoms with van der Waals surface area (Å²) in [4.78, 5) is 27.1. The Bertz CT molecular complexity index is 943. The molecule has 3 rings (SSSR count). The van der Waals surface area contributed by atoms with Crippen LogP contribution in [0.15, 0.2) is 65.9 Å². The lowest BCUT2D eigenvalue weighted by molar-refractivity contribution is -0.139. The van der Waals surface area contributed by atoms with Crippen molar-refractivity contribution in [1.82, 2.24) is 15.5 Å². The van der Waals surface area contributed by atoms with Gasteiger partial charge >= 0.3 is 12.0 Å². The predicted octanol–water partition coefficient (Wildman–Crippen LogP) is 3.18. The first kappa shape index (κ1) is 22.4. The van der Waals surface area contributed by atoms with Crippen LogP contribution in [0.4, 0.5) is 4.79 Å². The van der Waals surface area contributed by atoms with Crippen LogP contribution in [0, 0.1) is 6.92 Å². The number of amides is 2. The van der Waals surface area contributed by atoms with E-state index in [9.17, 15) is 9.59 Å². The summed E-state index contributed by atoms with van der Waals surface area (Å²) in [6.07, 6.45) is 0. The predicted molar refractivity (Wildman–Crippen MR) is 119 cm³/mol. The average Bonchev–Trinajstić information content (AvgIpc) is 2.74. The van der Waals surface area contributed by atoms with Crippen molar-refractivity contribution in [3.05, 3.63) is 77.0 Å². The monoisotopic (exact) mass is 423 g/mol. The fourth-order valence-corrected chi connectivity index (χ4v) is 3.46. The summed E-state index contributed by atoms with van der Waals surface area (Å²) in [5, 5.41) is 5.64. The highest BCUT2D eigenvalue weighted by atomic mass is 16.5. The van der Waals surface area contributed by atoms with E-state index in [4.69, 9.17) is 9.47 Å². The third-order valence-corrected chi connectivity index (χ3v) is 4.94. The first-order valence-corrected chi connectivity index (χ1v) is 10.4. The number of likely N-dealkylation sites (N-methyl/N-ethyl adjacent to an activating group) is 1. The van der Waals surface area contributed by atoms with E-state index in [0.29, 0.717) is 31.0 Å². The van der Waals surface area contributed by atoms with Gasteiger partial charge in [0, 0.05) is 18.8 Å². The molecule has 0 aliphatic carbocycles. The van der Waals surface area contributed by atoms with Crippen molar-refractivity contribution in [3.8, 4) is 5.75 Å². The minimum absolute atomic E-state index is 0.255. The Labute approximate surface area is 183 Å². The molecule has 164 valence electrons. The Morgan fingerprint density at radius 3 is 2.61 bits per heavy atom. The highest BCUT2D eigenvalue weighted by molar-refractivity contribution is 5.95. The number of esters is 1. The first-order chi connectivity index (χ1) is 15.0. The second-order valence-corrected chi connectivity index (χ2v) is 7.46. The molecule has 0 aromatic heterocycles. The molecule has 7 nitrogen and oxygen atoms in total. The summed E-state index contributed by atoms with van der Waals surface area (Å²) in [6, 6.07) is 16.4. The quantitative estimate of drug-likeness (QED) is 0.606. The number of aryl methyl sites for hydroxylation is 1. The molecule has 31 heavy (non-hydrogen) atoms. The number of rotatable bonds is 9. The van der Waals surface area contributed by atoms with E-state index >= 15 is 0 Å². The molecular weight excluding hydrogens is 394 g/mol. The molecule has 2 amide bonds. The molecule has 0 saturated heterocycles. The molecule has 2 aromatic carbocycles. The van der Waals surface area contributed by atoms with E-state index < -0.39 is 12.0 Å². The number of hydrogen-bond donors (Lipinski definition) is 2. The van der Waals surface area contributed by atoms with Gasteiger partial charge in [-0.2, -0.15) is 0 Å². The first-order valence-electron chi connectivity index (χ1n) is 10.4. The van der Waals surface area contributed by atoms with Gasteiger partial charge in [-0.05, 0) is 44.2 Å². The number of ether oxygens (including phenoxy) is 2. The van der Waals surface area contributed by atoms with Crippen LogP contribution in [-0.2, 0) is 9.53 Å². The molecule has 0 fully saturated rings. The van der Waals surface area contributed by atoms with E-state index in [1.165, 1.54) is 0 Å². The van der Waals surface area contributed by atoms with Crippen molar-refractivity contribution in [3.63, 3.8) is 0 Å². The second-order valence-electron chi connectivity index (χ2n) is 7.46. The number of benzene rings is 2. The Morgan fingerprint density at radius 1 is 1.13 bits per heavy atom. The number of carbonyl (C=O) groups is 2. The van der Waals surface area contributed by atoms with Crippen LogP contribution >= 0.6 is 0 Å². The Morgan fingerprint density at radius 2 is 1.90 bits per heavy atom. The number of carbonyl (C=O) groups excluding carboxylic acids is 2. The van der Waals surface area contributed by atoms with Gasteiger partial charge in [0.1, 0.15) is 12.4 Å². The number of nitrogens with one attached hydrogen (secondary N) is 2. The maximum absolute atomic E-state index is 12.8. The van der Waals surface area contributed by atoms with E-state index in [2.05, 4.69) is 10.6 Å². The van der Waals surface area contributed by atoms with Gasteiger partial charge in [0.2, 0.25) is 0 Å². The average molecular weight is 424 g/mol. The maximum Gasteiger partial charge on any atom is 0.338 e. The van der Waals surface area contributed by atoms with Gasteiger partial charge in [0.25, 0.3) is 0 Å². The van der Waals surface area contributed by atoms with E-state index in [1.54, 1.807) is 6.92 Å². The topological polar surface area (TPSA) is 79.9 Å². The molecule has 2 N–H and O–H groups in total. The normalized spacial score (nSPS) is 16.0. The zero-order valence-corrected chi connectivity index (χ0v) is 18.2. The van der Waals surface area contributed by atoms with Gasteiger partial charge in [-0.3, -0.25) is 4.90 Å². The highest BCUT2D eigenvalue weighted by Gasteiger charge is 2.33. The summed E-state index contributed by atoms with van der Waals surface area (Å²) in [6.45, 7) is 5.51. The molecule has 2 aromatic rings. The second kappa shape index (κ2) is 10.6. The Hall–Kier alpha value is -3.32. The molecule has 0 radical (unpaired) electrons. The van der Waals surface area contributed by atoms with Crippen LogP contribution in [-0.4, -0.2) is 50.3 Å². The van der Waals surface area contributed by atoms with Crippen LogP contribution in [0.1, 0.15) is 24.1 Å². The SMILES string of the molecule is CCOC(=O)C1=C(CN(C)CCOc2cccc(C)c2)NC(=O)NC1c1ccccc1. The molecule has 1 unspecified atom stereocenters. The summed E-state index contributed by atoms with van der Waals surface area (Å²) in [5.41, 5.74) is 2.91. The van der Waals surface area contributed by atoms with Gasteiger partial charge < -0.3 is 20.1 Å². The van der Waals surface area contributed by atoms with Crippen LogP contribution < -0.4 is 15.4 Å². The zero-order chi connectivity index (χ0) is 22.2. The van der Waals surface area contributed by atoms with Gasteiger partial charge in [-0.15, -0.1) is 0 Å². The van der Waals surface area contributed by atoms with Gasteiger partial charge in [0.05, 0.1) is 18.2 Å². The molecule has 7 heteroatoms. The van der Waals surface area contributed by atoms with Crippen LogP contribution in [0.25, 0.3) is 0 Å². The van der Waals surface area contributed by atoms with Crippen molar-refractivity contribution in [2.45, 2.75) is 19.9 Å². The number of nitrogens with zero attached hydrogens (tertiary/aromatic N) is 1. The van der Waals surface area contributed by atoms with E-state index in [-0.39, 0.29) is 12.6 Å². The number of urea groups is 1. The van der Waals surface area contributed by atoms with Crippen molar-refractivity contribution >= 4 is 12.0 Å². The largest absolute Gasteiger partial charge is 0.492 e. The van der Waals surface area contributed by atoms with Gasteiger partial charge in [-0.1, -0.05) is 42.5 Å². The maximum atomic E-state index is 12.8. The number of hydrogen-bond acceptors (Lipinski definition) is 5. The van der Waals surface area contributed by atoms with E-state index in [0.717, 1.165) is 16.9 Å². The molecule has 1 aliphatic rings. The molecule has 0 spiro atoms. The van der Waals surface area contributed by atoms with Crippen LogP contribution in [0.3, 0.4) is 0 Å². The minimum Gasteiger partial charge on any atom is -0.492 e. The summed E-state index contributed by atoms with van der Waals surface area (Å²) < 4.78 is 11.1. The summed E-state index contributed by atoms with van der Waals surface area (Å²) >= 11 is 0. The summed E-state index contributed by atoms with van der Waals surface area (Å²) in [7, 11) is 1.92. The molecule has 0 bridgehead atoms. The summed E-state index contributed by atoms with van der Waals surface area (Å²) in [5.74, 6) is 0.377. The van der Waals surface area contributed by atoms with Gasteiger partial charge in [0.15, 0.2) is 0 Å². The molecule has 1 heterocycles. The fourth-order valence-electron chi connectivity index (χ4n) is 3.46. The third kappa shape index (κ3) is 6.08. The van der Waals surface area contributed by atoms with Crippen molar-refractivity contribution < 1.29 is 19.1 Å². The Kier molecular flexibility index (Phi) is 7.67. The Balaban J connectivity index is 1.75. The van der Waals surface area contributed by atoms with Crippen LogP contribution in [0.5, 0.6) is 5.75 Å². The van der Waals surface area contributed by atoms with Crippen LogP contribution in [0.2, 0.25) is 0 Å². The smallest absolute Gasteiger partial charge is 0.338 e. The third-order valence-electron chi connectivity index (χ3n) is 4.94. The van der Waals surface area contributed by atoms with Gasteiger partial charge in [-0.25, -0.2) is 9.59 Å². The fraction of sp³-hybridized carbons (Fsp3) is 0.333. The molecule has 0 saturated carbocycles. The van der Waals surface area contributed by atoms with Crippen molar-refractivity contribution in [2.24, 2.45) is 0 Å². The molecule has 1 aliphatic heterocycles. The lowest BCUT2D eigenvalue weighted by atomic mass is 9.95. The minimum atomic E-state index is -0.569. The highest BCUT2D eigenvalue weighted by Crippen LogP contribution is 2.28. The lowest BCUT2D eigenvalue weighted by Crippen LogP contribution is -2.48. The lowest BCUT2D eigenvalue weighted by Gasteiger charge is -2.31. The van der Waals surface area contributed by atoms with E-state index in [1.807, 2.05) is 73.5 Å². The molecular formula is C24H29N3O4. The zero-order valence-electron chi connectivity index (χ0n) is 18.2. The van der Waals surface area contributed by atoms with Crippen molar-refractivity contribution in [2.75, 3.05) is 33.4 Å². The van der Waals surface area contributed by atoms with Crippen molar-refractivity contribution in [1.29, 1.82) is 0 Å².